The van der Waals surface area contributed by atoms with Crippen LogP contribution in [0.25, 0.3) is 0 Å². The van der Waals surface area contributed by atoms with E-state index in [0.717, 1.165) is 18.9 Å². The fraction of sp³-hybridized carbons (Fsp3) is 0.900. The van der Waals surface area contributed by atoms with Crippen molar-refractivity contribution in [3.05, 3.63) is 0 Å². The molecule has 1 unspecified atom stereocenters. The van der Waals surface area contributed by atoms with E-state index in [4.69, 9.17) is 10.8 Å². The van der Waals surface area contributed by atoms with Crippen LogP contribution in [0.15, 0.2) is 0 Å². The Morgan fingerprint density at radius 3 is 2.71 bits per heavy atom. The maximum atomic E-state index is 10.4. The lowest BCUT2D eigenvalue weighted by molar-refractivity contribution is -0.138. The maximum absolute atomic E-state index is 10.4. The normalized spacial score (nSPS) is 19.8. The van der Waals surface area contributed by atoms with Gasteiger partial charge in [0.2, 0.25) is 0 Å². The van der Waals surface area contributed by atoms with Crippen LogP contribution >= 0.6 is 0 Å². The van der Waals surface area contributed by atoms with Gasteiger partial charge in [-0.05, 0) is 18.9 Å². The number of carboxylic acids is 1. The Labute approximate surface area is 84.9 Å². The third kappa shape index (κ3) is 4.07. The third-order valence-electron chi connectivity index (χ3n) is 2.89. The molecule has 1 aliphatic rings. The Balaban J connectivity index is 1.95. The molecule has 0 aromatic rings. The molecule has 4 N–H and O–H groups in total. The first-order valence-electron chi connectivity index (χ1n) is 5.39. The molecular weight excluding hydrogens is 180 g/mol. The Bertz CT molecular complexity index is 179. The average Bonchev–Trinajstić information content (AvgIpc) is 2.64. The Morgan fingerprint density at radius 1 is 1.50 bits per heavy atom. The highest BCUT2D eigenvalue weighted by Crippen LogP contribution is 2.26. The van der Waals surface area contributed by atoms with E-state index in [-0.39, 0.29) is 0 Å². The first-order chi connectivity index (χ1) is 6.70. The summed E-state index contributed by atoms with van der Waals surface area (Å²) in [7, 11) is 0. The van der Waals surface area contributed by atoms with Crippen LogP contribution in [0.3, 0.4) is 0 Å². The van der Waals surface area contributed by atoms with Crippen LogP contribution in [0, 0.1) is 5.92 Å². The number of hydrogen-bond acceptors (Lipinski definition) is 3. The molecule has 1 fully saturated rings. The number of carbonyl (C=O) groups is 1. The summed E-state index contributed by atoms with van der Waals surface area (Å²) >= 11 is 0. The molecule has 0 aliphatic heterocycles. The van der Waals surface area contributed by atoms with E-state index < -0.39 is 12.0 Å². The van der Waals surface area contributed by atoms with Gasteiger partial charge in [-0.3, -0.25) is 4.79 Å². The van der Waals surface area contributed by atoms with Crippen molar-refractivity contribution < 1.29 is 9.90 Å². The molecule has 0 radical (unpaired) electrons. The molecule has 0 spiro atoms. The van der Waals surface area contributed by atoms with Crippen molar-refractivity contribution in [2.24, 2.45) is 11.7 Å². The van der Waals surface area contributed by atoms with Crippen molar-refractivity contribution >= 4 is 5.97 Å². The van der Waals surface area contributed by atoms with Crippen LogP contribution in [0.4, 0.5) is 0 Å². The molecule has 4 heteroatoms. The molecular formula is C10H20N2O2. The molecule has 14 heavy (non-hydrogen) atoms. The zero-order chi connectivity index (χ0) is 10.4. The molecule has 1 saturated carbocycles. The molecule has 1 rings (SSSR count). The van der Waals surface area contributed by atoms with E-state index in [9.17, 15) is 4.79 Å². The summed E-state index contributed by atoms with van der Waals surface area (Å²) in [4.78, 5) is 10.4. The van der Waals surface area contributed by atoms with Gasteiger partial charge in [0.1, 0.15) is 6.04 Å². The molecule has 1 aliphatic carbocycles. The average molecular weight is 200 g/mol. The molecule has 0 aromatic heterocycles. The monoisotopic (exact) mass is 200 g/mol. The van der Waals surface area contributed by atoms with Gasteiger partial charge in [0.15, 0.2) is 0 Å². The lowest BCUT2D eigenvalue weighted by Crippen LogP contribution is -2.40. The topological polar surface area (TPSA) is 75.3 Å². The predicted octanol–water partition coefficient (Wildman–Crippen LogP) is 0.568. The summed E-state index contributed by atoms with van der Waals surface area (Å²) in [6, 6.07) is -0.765. The summed E-state index contributed by atoms with van der Waals surface area (Å²) in [5.41, 5.74) is 5.35. The highest BCUT2D eigenvalue weighted by molar-refractivity contribution is 5.73. The minimum absolute atomic E-state index is 0.377. The Kier molecular flexibility index (Phi) is 4.90. The summed E-state index contributed by atoms with van der Waals surface area (Å²) in [6.45, 7) is 1.27. The van der Waals surface area contributed by atoms with Crippen molar-refractivity contribution in [3.8, 4) is 0 Å². The van der Waals surface area contributed by atoms with Crippen molar-refractivity contribution in [1.82, 2.24) is 5.32 Å². The molecule has 0 heterocycles. The van der Waals surface area contributed by atoms with Gasteiger partial charge in [-0.15, -0.1) is 0 Å². The quantitative estimate of drug-likeness (QED) is 0.548. The molecule has 82 valence electrons. The predicted molar refractivity (Wildman–Crippen MR) is 55.1 cm³/mol. The zero-order valence-electron chi connectivity index (χ0n) is 8.54. The number of nitrogens with two attached hydrogens (primary N) is 1. The van der Waals surface area contributed by atoms with Gasteiger partial charge in [-0.25, -0.2) is 0 Å². The van der Waals surface area contributed by atoms with Crippen molar-refractivity contribution in [3.63, 3.8) is 0 Å². The fourth-order valence-corrected chi connectivity index (χ4v) is 1.95. The number of aliphatic carboxylic acids is 1. The van der Waals surface area contributed by atoms with E-state index in [1.165, 1.54) is 25.7 Å². The highest BCUT2D eigenvalue weighted by atomic mass is 16.4. The Hall–Kier alpha value is -0.610. The first-order valence-corrected chi connectivity index (χ1v) is 5.39. The van der Waals surface area contributed by atoms with E-state index in [2.05, 4.69) is 5.32 Å². The number of nitrogens with one attached hydrogen (secondary N) is 1. The van der Waals surface area contributed by atoms with Crippen LogP contribution in [-0.2, 0) is 4.79 Å². The summed E-state index contributed by atoms with van der Waals surface area (Å²) < 4.78 is 0. The van der Waals surface area contributed by atoms with Crippen molar-refractivity contribution in [1.29, 1.82) is 0 Å². The zero-order valence-corrected chi connectivity index (χ0v) is 8.54. The van der Waals surface area contributed by atoms with E-state index >= 15 is 0 Å². The van der Waals surface area contributed by atoms with E-state index in [1.807, 2.05) is 0 Å². The second-order valence-corrected chi connectivity index (χ2v) is 4.09. The van der Waals surface area contributed by atoms with Gasteiger partial charge in [0.25, 0.3) is 0 Å². The van der Waals surface area contributed by atoms with Crippen molar-refractivity contribution in [2.75, 3.05) is 13.1 Å². The van der Waals surface area contributed by atoms with Crippen LogP contribution in [0.1, 0.15) is 32.1 Å². The molecule has 0 bridgehead atoms. The van der Waals surface area contributed by atoms with Gasteiger partial charge >= 0.3 is 5.97 Å². The molecule has 0 saturated heterocycles. The lowest BCUT2D eigenvalue weighted by Gasteiger charge is -2.11. The van der Waals surface area contributed by atoms with Gasteiger partial charge in [-0.2, -0.15) is 0 Å². The number of rotatable bonds is 6. The van der Waals surface area contributed by atoms with Crippen molar-refractivity contribution in [2.45, 2.75) is 38.1 Å². The largest absolute Gasteiger partial charge is 0.480 e. The molecule has 4 nitrogen and oxygen atoms in total. The van der Waals surface area contributed by atoms with Gasteiger partial charge in [0, 0.05) is 6.54 Å². The van der Waals surface area contributed by atoms with Gasteiger partial charge in [-0.1, -0.05) is 25.7 Å². The minimum Gasteiger partial charge on any atom is -0.480 e. The highest BCUT2D eigenvalue weighted by Gasteiger charge is 2.15. The maximum Gasteiger partial charge on any atom is 0.321 e. The number of carboxylic acid groups (broad SMARTS) is 1. The summed E-state index contributed by atoms with van der Waals surface area (Å²) in [5.74, 6) is -0.0816. The molecule has 0 amide bonds. The standard InChI is InChI=1S/C10H20N2O2/c11-9(10(13)14)7-12-6-5-8-3-1-2-4-8/h8-9,12H,1-7,11H2,(H,13,14). The Morgan fingerprint density at radius 2 is 2.14 bits per heavy atom. The van der Waals surface area contributed by atoms with Crippen LogP contribution in [-0.4, -0.2) is 30.2 Å². The lowest BCUT2D eigenvalue weighted by atomic mass is 10.0. The van der Waals surface area contributed by atoms with Gasteiger partial charge in [0.05, 0.1) is 0 Å². The first kappa shape index (κ1) is 11.5. The van der Waals surface area contributed by atoms with Crippen LogP contribution in [0.5, 0.6) is 0 Å². The SMILES string of the molecule is NC(CNCCC1CCCC1)C(=O)O. The summed E-state index contributed by atoms with van der Waals surface area (Å²) in [6.07, 6.45) is 6.56. The fourth-order valence-electron chi connectivity index (χ4n) is 1.95. The molecule has 1 atom stereocenters. The van der Waals surface area contributed by atoms with Crippen LogP contribution in [0.2, 0.25) is 0 Å². The van der Waals surface area contributed by atoms with E-state index in [0.29, 0.717) is 6.54 Å². The smallest absolute Gasteiger partial charge is 0.321 e. The molecule has 0 aromatic carbocycles. The number of hydrogen-bond donors (Lipinski definition) is 3. The van der Waals surface area contributed by atoms with Gasteiger partial charge < -0.3 is 16.2 Å². The second kappa shape index (κ2) is 5.98. The third-order valence-corrected chi connectivity index (χ3v) is 2.89. The van der Waals surface area contributed by atoms with Crippen LogP contribution < -0.4 is 11.1 Å². The minimum atomic E-state index is -0.932. The summed E-state index contributed by atoms with van der Waals surface area (Å²) in [5, 5.41) is 11.6. The van der Waals surface area contributed by atoms with E-state index in [1.54, 1.807) is 0 Å². The second-order valence-electron chi connectivity index (χ2n) is 4.09.